The highest BCUT2D eigenvalue weighted by Crippen LogP contribution is 2.34. The molecule has 1 aromatic rings. The average molecular weight is 403 g/mol. The van der Waals surface area contributed by atoms with E-state index in [2.05, 4.69) is 53.9 Å². The number of nitrogens with one attached hydrogen (secondary N) is 1. The van der Waals surface area contributed by atoms with Crippen molar-refractivity contribution in [2.75, 3.05) is 11.4 Å². The molecule has 2 aliphatic heterocycles. The van der Waals surface area contributed by atoms with Gasteiger partial charge in [-0.15, -0.1) is 0 Å². The molecule has 152 valence electrons. The molecule has 0 radical (unpaired) electrons. The van der Waals surface area contributed by atoms with Crippen LogP contribution in [0.25, 0.3) is 11.8 Å². The van der Waals surface area contributed by atoms with Crippen molar-refractivity contribution in [3.05, 3.63) is 27.4 Å². The maximum absolute atomic E-state index is 6.42. The van der Waals surface area contributed by atoms with Gasteiger partial charge in [0.15, 0.2) is 0 Å². The Kier molecular flexibility index (Phi) is 5.66. The first-order chi connectivity index (χ1) is 13.4. The maximum Gasteiger partial charge on any atom is 0.0895 e. The van der Waals surface area contributed by atoms with Crippen molar-refractivity contribution < 1.29 is 4.74 Å². The molecule has 1 saturated carbocycles. The third kappa shape index (κ3) is 3.79. The molecule has 0 saturated heterocycles. The van der Waals surface area contributed by atoms with Gasteiger partial charge in [0, 0.05) is 29.1 Å². The molecule has 1 aliphatic carbocycles. The number of allylic oxidation sites excluding steroid dienone is 1. The van der Waals surface area contributed by atoms with Gasteiger partial charge >= 0.3 is 0 Å². The zero-order chi connectivity index (χ0) is 19.8. The number of anilines is 1. The molecule has 6 heteroatoms. The van der Waals surface area contributed by atoms with E-state index in [9.17, 15) is 0 Å². The van der Waals surface area contributed by atoms with Crippen LogP contribution in [0.2, 0.25) is 0 Å². The van der Waals surface area contributed by atoms with Gasteiger partial charge in [-0.05, 0) is 65.5 Å². The lowest BCUT2D eigenvalue weighted by molar-refractivity contribution is -0.0161. The lowest BCUT2D eigenvalue weighted by Crippen LogP contribution is -2.34. The van der Waals surface area contributed by atoms with Crippen LogP contribution in [0.3, 0.4) is 0 Å². The molecule has 5 nitrogen and oxygen atoms in total. The van der Waals surface area contributed by atoms with Gasteiger partial charge in [0.1, 0.15) is 0 Å². The van der Waals surface area contributed by atoms with Gasteiger partial charge in [0.25, 0.3) is 0 Å². The van der Waals surface area contributed by atoms with Gasteiger partial charge in [-0.25, -0.2) is 0 Å². The predicted molar refractivity (Wildman–Crippen MR) is 115 cm³/mol. The molecule has 1 fully saturated rings. The molecule has 4 rings (SSSR count). The van der Waals surface area contributed by atoms with Crippen molar-refractivity contribution in [2.24, 2.45) is 16.1 Å². The van der Waals surface area contributed by atoms with E-state index in [1.165, 1.54) is 16.6 Å². The Balaban J connectivity index is 1.72. The number of nitrogens with zero attached hydrogens (tertiary/aromatic N) is 3. The molecule has 0 spiro atoms. The Morgan fingerprint density at radius 2 is 1.93 bits per heavy atom. The molecule has 28 heavy (non-hydrogen) atoms. The third-order valence-corrected chi connectivity index (χ3v) is 6.23. The molecule has 0 unspecified atom stereocenters. The molecule has 1 N–H and O–H groups in total. The highest BCUT2D eigenvalue weighted by Gasteiger charge is 2.29. The normalized spacial score (nSPS) is 24.8. The highest BCUT2D eigenvalue weighted by molar-refractivity contribution is 6.34. The summed E-state index contributed by atoms with van der Waals surface area (Å²) in [5, 5.41) is 12.2. The first-order valence-electron chi connectivity index (χ1n) is 10.6. The summed E-state index contributed by atoms with van der Waals surface area (Å²) in [5.74, 6) is 0.440. The van der Waals surface area contributed by atoms with Crippen molar-refractivity contribution in [1.29, 1.82) is 0 Å². The Morgan fingerprint density at radius 1 is 1.18 bits per heavy atom. The molecular weight excluding hydrogens is 372 g/mol. The molecule has 0 amide bonds. The first kappa shape index (κ1) is 19.7. The summed E-state index contributed by atoms with van der Waals surface area (Å²) in [7, 11) is 0. The van der Waals surface area contributed by atoms with Crippen LogP contribution in [0.15, 0.2) is 21.3 Å². The van der Waals surface area contributed by atoms with Gasteiger partial charge < -0.3 is 14.6 Å². The minimum atomic E-state index is 0.296. The summed E-state index contributed by atoms with van der Waals surface area (Å²) in [6.07, 6.45) is 9.19. The van der Waals surface area contributed by atoms with E-state index in [0.717, 1.165) is 48.3 Å². The number of aromatic nitrogens is 1. The summed E-state index contributed by atoms with van der Waals surface area (Å²) in [4.78, 5) is 6.06. The fraction of sp³-hybridized carbons (Fsp3) is 0.636. The van der Waals surface area contributed by atoms with Crippen LogP contribution < -0.4 is 15.6 Å². The summed E-state index contributed by atoms with van der Waals surface area (Å²) in [6.45, 7) is 10.1. The van der Waals surface area contributed by atoms with E-state index in [-0.39, 0.29) is 0 Å². The monoisotopic (exact) mass is 402 g/mol. The van der Waals surface area contributed by atoms with Gasteiger partial charge in [0.2, 0.25) is 0 Å². The largest absolute Gasteiger partial charge is 0.376 e. The number of fused-ring (bicyclic) bond motifs is 3. The van der Waals surface area contributed by atoms with E-state index in [4.69, 9.17) is 16.3 Å². The minimum Gasteiger partial charge on any atom is -0.376 e. The van der Waals surface area contributed by atoms with Gasteiger partial charge in [0.05, 0.1) is 40.8 Å². The van der Waals surface area contributed by atoms with Crippen LogP contribution in [0.4, 0.5) is 5.69 Å². The van der Waals surface area contributed by atoms with E-state index in [1.807, 2.05) is 6.08 Å². The number of hydrogen-bond acceptors (Lipinski definition) is 4. The van der Waals surface area contributed by atoms with Crippen molar-refractivity contribution >= 4 is 29.1 Å². The van der Waals surface area contributed by atoms with E-state index >= 15 is 0 Å². The zero-order valence-corrected chi connectivity index (χ0v) is 18.1. The second-order valence-corrected chi connectivity index (χ2v) is 9.10. The number of halogens is 1. The number of H-pyrrole nitrogens is 1. The Labute approximate surface area is 172 Å². The first-order valence-corrected chi connectivity index (χ1v) is 10.9. The number of azo groups is 1. The summed E-state index contributed by atoms with van der Waals surface area (Å²) >= 11 is 6.42. The molecule has 0 atom stereocenters. The SMILES string of the molecule is CC(C)O[C@H]1CC[C@H](C2=c3[nH]c4c(c3CN=N2)N(C(C)C)CC=C(Cl)C=4)CC1. The van der Waals surface area contributed by atoms with Crippen molar-refractivity contribution in [1.82, 2.24) is 4.98 Å². The van der Waals surface area contributed by atoms with Crippen molar-refractivity contribution in [3.8, 4) is 0 Å². The molecule has 3 aliphatic rings. The third-order valence-electron chi connectivity index (χ3n) is 5.97. The molecule has 0 aromatic carbocycles. The van der Waals surface area contributed by atoms with Crippen LogP contribution in [-0.4, -0.2) is 29.8 Å². The maximum atomic E-state index is 6.42. The van der Waals surface area contributed by atoms with Gasteiger partial charge in [-0.3, -0.25) is 0 Å². The predicted octanol–water partition coefficient (Wildman–Crippen LogP) is 4.20. The summed E-state index contributed by atoms with van der Waals surface area (Å²) in [6, 6.07) is 0.386. The molecule has 1 aromatic heterocycles. The van der Waals surface area contributed by atoms with Crippen LogP contribution in [0.5, 0.6) is 0 Å². The van der Waals surface area contributed by atoms with Crippen LogP contribution in [0, 0.1) is 5.92 Å². The number of ether oxygens (including phenoxy) is 1. The Hall–Kier alpha value is -1.59. The topological polar surface area (TPSA) is 53.0 Å². The van der Waals surface area contributed by atoms with Crippen molar-refractivity contribution in [2.45, 2.75) is 78.2 Å². The fourth-order valence-electron chi connectivity index (χ4n) is 4.67. The quantitative estimate of drug-likeness (QED) is 0.820. The van der Waals surface area contributed by atoms with Gasteiger partial charge in [-0.2, -0.15) is 10.2 Å². The lowest BCUT2D eigenvalue weighted by Gasteiger charge is -2.30. The summed E-state index contributed by atoms with van der Waals surface area (Å²) in [5.41, 5.74) is 3.63. The number of hydrogen-bond donors (Lipinski definition) is 1. The zero-order valence-electron chi connectivity index (χ0n) is 17.3. The number of rotatable bonds is 4. The summed E-state index contributed by atoms with van der Waals surface area (Å²) < 4.78 is 6.02. The van der Waals surface area contributed by atoms with Crippen LogP contribution >= 0.6 is 11.6 Å². The highest BCUT2D eigenvalue weighted by atomic mass is 35.5. The Morgan fingerprint density at radius 3 is 2.61 bits per heavy atom. The van der Waals surface area contributed by atoms with Gasteiger partial charge in [-0.1, -0.05) is 11.6 Å². The second-order valence-electron chi connectivity index (χ2n) is 8.66. The van der Waals surface area contributed by atoms with Crippen LogP contribution in [0.1, 0.15) is 58.9 Å². The standard InChI is InChI=1S/C22H31ClN4O/c1-13(2)27-10-9-16(23)11-19-22(27)18-12-24-26-20(21(18)25-19)15-5-7-17(8-6-15)28-14(3)4/h9,11,13-15,17,25H,5-8,10,12H2,1-4H3/t15-,17-. The molecule has 3 heterocycles. The van der Waals surface area contributed by atoms with E-state index in [1.54, 1.807) is 0 Å². The Bertz CT molecular complexity index is 904. The lowest BCUT2D eigenvalue weighted by atomic mass is 9.84. The fourth-order valence-corrected chi connectivity index (χ4v) is 4.85. The average Bonchev–Trinajstić information content (AvgIpc) is 2.90. The molecular formula is C22H31ClN4O. The van der Waals surface area contributed by atoms with E-state index in [0.29, 0.717) is 30.7 Å². The second kappa shape index (κ2) is 8.03. The van der Waals surface area contributed by atoms with Crippen molar-refractivity contribution in [3.63, 3.8) is 0 Å². The van der Waals surface area contributed by atoms with E-state index < -0.39 is 0 Å². The smallest absolute Gasteiger partial charge is 0.0895 e. The minimum absolute atomic E-state index is 0.296. The van der Waals surface area contributed by atoms with Crippen LogP contribution in [-0.2, 0) is 11.3 Å². The number of aromatic amines is 1. The molecule has 0 bridgehead atoms.